The Kier molecular flexibility index (Phi) is 4.41. The van der Waals surface area contributed by atoms with Gasteiger partial charge in [-0.15, -0.1) is 0 Å². The molecule has 6 nitrogen and oxygen atoms in total. The topological polar surface area (TPSA) is 68.9 Å². The van der Waals surface area contributed by atoms with Gasteiger partial charge in [0, 0.05) is 29.9 Å². The van der Waals surface area contributed by atoms with Crippen LogP contribution >= 0.6 is 11.6 Å². The van der Waals surface area contributed by atoms with Crippen LogP contribution in [0, 0.1) is 0 Å². The van der Waals surface area contributed by atoms with E-state index >= 15 is 0 Å². The fourth-order valence-electron chi connectivity index (χ4n) is 3.25. The van der Waals surface area contributed by atoms with Crippen molar-refractivity contribution in [2.24, 2.45) is 7.05 Å². The first-order chi connectivity index (χ1) is 13.1. The van der Waals surface area contributed by atoms with Gasteiger partial charge in [0.15, 0.2) is 0 Å². The van der Waals surface area contributed by atoms with Crippen LogP contribution in [0.5, 0.6) is 0 Å². The molecule has 1 amide bonds. The third kappa shape index (κ3) is 2.98. The van der Waals surface area contributed by atoms with Crippen LogP contribution in [-0.4, -0.2) is 26.8 Å². The van der Waals surface area contributed by atoms with Crippen LogP contribution in [-0.2, 0) is 13.6 Å². The number of nitrogens with zero attached hydrogens (tertiary/aromatic N) is 3. The minimum atomic E-state index is -0.285. The van der Waals surface area contributed by atoms with E-state index in [2.05, 4.69) is 10.4 Å². The third-order valence-electron chi connectivity index (χ3n) is 4.63. The summed E-state index contributed by atoms with van der Waals surface area (Å²) in [4.78, 5) is 25.1. The minimum absolute atomic E-state index is 0.176. The second-order valence-electron chi connectivity index (χ2n) is 6.25. The molecular weight excluding hydrogens is 364 g/mol. The summed E-state index contributed by atoms with van der Waals surface area (Å²) >= 11 is 6.39. The van der Waals surface area contributed by atoms with Gasteiger partial charge in [0.1, 0.15) is 5.69 Å². The monoisotopic (exact) mass is 380 g/mol. The number of benzene rings is 2. The fraction of sp³-hybridized carbons (Fsp3) is 0.150. The van der Waals surface area contributed by atoms with Gasteiger partial charge < -0.3 is 9.88 Å². The lowest BCUT2D eigenvalue weighted by molar-refractivity contribution is 0.0944. The number of amides is 1. The number of rotatable bonds is 4. The highest BCUT2D eigenvalue weighted by Gasteiger charge is 2.19. The first-order valence-corrected chi connectivity index (χ1v) is 8.91. The van der Waals surface area contributed by atoms with Gasteiger partial charge in [-0.1, -0.05) is 48.0 Å². The zero-order valence-electron chi connectivity index (χ0n) is 14.6. The lowest BCUT2D eigenvalue weighted by atomic mass is 10.2. The van der Waals surface area contributed by atoms with E-state index in [0.29, 0.717) is 16.1 Å². The minimum Gasteiger partial charge on any atom is -0.349 e. The second kappa shape index (κ2) is 6.89. The van der Waals surface area contributed by atoms with Crippen molar-refractivity contribution in [2.75, 3.05) is 6.54 Å². The van der Waals surface area contributed by atoms with Gasteiger partial charge in [0.05, 0.1) is 23.2 Å². The Morgan fingerprint density at radius 2 is 1.81 bits per heavy atom. The number of carbonyl (C=O) groups is 1. The van der Waals surface area contributed by atoms with Crippen LogP contribution in [0.25, 0.3) is 21.7 Å². The van der Waals surface area contributed by atoms with E-state index in [9.17, 15) is 9.59 Å². The Labute approximate surface area is 160 Å². The van der Waals surface area contributed by atoms with E-state index in [4.69, 9.17) is 11.6 Å². The quantitative estimate of drug-likeness (QED) is 0.591. The smallest absolute Gasteiger partial charge is 0.274 e. The van der Waals surface area contributed by atoms with Crippen molar-refractivity contribution < 1.29 is 4.79 Å². The Balaban J connectivity index is 1.53. The molecule has 136 valence electrons. The summed E-state index contributed by atoms with van der Waals surface area (Å²) in [7, 11) is 1.80. The van der Waals surface area contributed by atoms with Crippen LogP contribution in [0.4, 0.5) is 0 Å². The number of nitrogens with one attached hydrogen (secondary N) is 1. The molecule has 4 aromatic rings. The lowest BCUT2D eigenvalue weighted by Gasteiger charge is -2.09. The average Bonchev–Trinajstić information content (AvgIpc) is 2.95. The van der Waals surface area contributed by atoms with Crippen molar-refractivity contribution in [3.8, 4) is 0 Å². The molecule has 0 bridgehead atoms. The van der Waals surface area contributed by atoms with Crippen molar-refractivity contribution in [3.05, 3.63) is 75.8 Å². The normalized spacial score (nSPS) is 11.2. The fourth-order valence-corrected chi connectivity index (χ4v) is 3.62. The molecule has 2 aromatic carbocycles. The standard InChI is InChI=1S/C20H17ClN4O2/c1-24-16-9-5-4-8-15(16)17(21)18(24)19(26)22-10-11-25-20(27)14-7-3-2-6-13(14)12-23-25/h2-9,12H,10-11H2,1H3,(H,22,26). The molecule has 1 N–H and O–H groups in total. The van der Waals surface area contributed by atoms with Crippen molar-refractivity contribution >= 4 is 39.2 Å². The van der Waals surface area contributed by atoms with Gasteiger partial charge in [-0.2, -0.15) is 5.10 Å². The molecule has 0 radical (unpaired) electrons. The van der Waals surface area contributed by atoms with E-state index in [1.165, 1.54) is 4.68 Å². The van der Waals surface area contributed by atoms with Crippen LogP contribution in [0.3, 0.4) is 0 Å². The van der Waals surface area contributed by atoms with Crippen LogP contribution in [0.2, 0.25) is 5.02 Å². The molecule has 0 aliphatic rings. The molecule has 0 aliphatic carbocycles. The zero-order chi connectivity index (χ0) is 19.0. The number of aromatic nitrogens is 3. The van der Waals surface area contributed by atoms with Gasteiger partial charge in [-0.25, -0.2) is 4.68 Å². The molecule has 4 rings (SSSR count). The van der Waals surface area contributed by atoms with E-state index in [0.717, 1.165) is 16.3 Å². The molecule has 7 heteroatoms. The molecule has 2 heterocycles. The number of aryl methyl sites for hydroxylation is 1. The van der Waals surface area contributed by atoms with Gasteiger partial charge in [-0.3, -0.25) is 9.59 Å². The van der Waals surface area contributed by atoms with Crippen LogP contribution < -0.4 is 10.9 Å². The van der Waals surface area contributed by atoms with Crippen LogP contribution in [0.1, 0.15) is 10.5 Å². The molecule has 2 aromatic heterocycles. The number of hydrogen-bond acceptors (Lipinski definition) is 3. The van der Waals surface area contributed by atoms with Gasteiger partial charge in [-0.05, 0) is 12.1 Å². The van der Waals surface area contributed by atoms with Gasteiger partial charge in [0.2, 0.25) is 0 Å². The van der Waals surface area contributed by atoms with Crippen molar-refractivity contribution in [1.82, 2.24) is 19.7 Å². The molecule has 0 spiro atoms. The lowest BCUT2D eigenvalue weighted by Crippen LogP contribution is -2.32. The van der Waals surface area contributed by atoms with Crippen molar-refractivity contribution in [3.63, 3.8) is 0 Å². The van der Waals surface area contributed by atoms with Gasteiger partial charge in [0.25, 0.3) is 11.5 Å². The summed E-state index contributed by atoms with van der Waals surface area (Å²) in [6.07, 6.45) is 1.65. The maximum absolute atomic E-state index is 12.6. The average molecular weight is 381 g/mol. The summed E-state index contributed by atoms with van der Waals surface area (Å²) in [6.45, 7) is 0.541. The molecule has 0 saturated carbocycles. The second-order valence-corrected chi connectivity index (χ2v) is 6.63. The highest BCUT2D eigenvalue weighted by Crippen LogP contribution is 2.29. The first kappa shape index (κ1) is 17.3. The number of hydrogen-bond donors (Lipinski definition) is 1. The molecular formula is C20H17ClN4O2. The largest absolute Gasteiger partial charge is 0.349 e. The molecule has 0 unspecified atom stereocenters. The number of carbonyl (C=O) groups excluding carboxylic acids is 1. The van der Waals surface area contributed by atoms with Gasteiger partial charge >= 0.3 is 0 Å². The van der Waals surface area contributed by atoms with Crippen molar-refractivity contribution in [1.29, 1.82) is 0 Å². The Morgan fingerprint density at radius 3 is 2.59 bits per heavy atom. The predicted molar refractivity (Wildman–Crippen MR) is 106 cm³/mol. The van der Waals surface area contributed by atoms with E-state index in [1.54, 1.807) is 23.9 Å². The predicted octanol–water partition coefficient (Wildman–Crippen LogP) is 2.97. The highest BCUT2D eigenvalue weighted by atomic mass is 35.5. The van der Waals surface area contributed by atoms with E-state index < -0.39 is 0 Å². The summed E-state index contributed by atoms with van der Waals surface area (Å²) in [5, 5.41) is 9.65. The highest BCUT2D eigenvalue weighted by molar-refractivity contribution is 6.38. The summed E-state index contributed by atoms with van der Waals surface area (Å²) in [5.41, 5.74) is 1.11. The molecule has 27 heavy (non-hydrogen) atoms. The van der Waals surface area contributed by atoms with Crippen LogP contribution in [0.15, 0.2) is 59.5 Å². The summed E-state index contributed by atoms with van der Waals surface area (Å²) < 4.78 is 3.12. The maximum Gasteiger partial charge on any atom is 0.274 e. The molecule has 0 aliphatic heterocycles. The number of para-hydroxylation sites is 1. The first-order valence-electron chi connectivity index (χ1n) is 8.54. The number of halogens is 1. The Morgan fingerprint density at radius 1 is 1.11 bits per heavy atom. The zero-order valence-corrected chi connectivity index (χ0v) is 15.4. The SMILES string of the molecule is Cn1c(C(=O)NCCn2ncc3ccccc3c2=O)c(Cl)c2ccccc21. The number of fused-ring (bicyclic) bond motifs is 2. The molecule has 0 atom stereocenters. The Hall–Kier alpha value is -3.12. The maximum atomic E-state index is 12.6. The van der Waals surface area contributed by atoms with E-state index in [-0.39, 0.29) is 24.6 Å². The summed E-state index contributed by atoms with van der Waals surface area (Å²) in [5.74, 6) is -0.285. The Bertz CT molecular complexity index is 1190. The molecule has 0 fully saturated rings. The molecule has 0 saturated heterocycles. The van der Waals surface area contributed by atoms with Crippen molar-refractivity contribution in [2.45, 2.75) is 6.54 Å². The summed E-state index contributed by atoms with van der Waals surface area (Å²) in [6, 6.07) is 14.9. The van der Waals surface area contributed by atoms with E-state index in [1.807, 2.05) is 42.5 Å². The third-order valence-corrected chi connectivity index (χ3v) is 5.01.